The highest BCUT2D eigenvalue weighted by Gasteiger charge is 2.07. The van der Waals surface area contributed by atoms with Gasteiger partial charge in [-0.15, -0.1) is 11.3 Å². The lowest BCUT2D eigenvalue weighted by atomic mass is 10.1. The van der Waals surface area contributed by atoms with Gasteiger partial charge in [0.25, 0.3) is 5.91 Å². The van der Waals surface area contributed by atoms with E-state index in [1.54, 1.807) is 11.3 Å². The monoisotopic (exact) mass is 304 g/mol. The van der Waals surface area contributed by atoms with Crippen molar-refractivity contribution in [1.82, 2.24) is 10.3 Å². The Morgan fingerprint density at radius 1 is 1.19 bits per heavy atom. The van der Waals surface area contributed by atoms with E-state index >= 15 is 0 Å². The molecular formula is C17H24N2OS. The second kappa shape index (κ2) is 8.13. The lowest BCUT2D eigenvalue weighted by Gasteiger charge is -2.05. The summed E-state index contributed by atoms with van der Waals surface area (Å²) < 4.78 is 1.08. The van der Waals surface area contributed by atoms with Crippen molar-refractivity contribution in [2.75, 3.05) is 6.54 Å². The van der Waals surface area contributed by atoms with Gasteiger partial charge < -0.3 is 5.32 Å². The van der Waals surface area contributed by atoms with Crippen LogP contribution in [0, 0.1) is 6.92 Å². The van der Waals surface area contributed by atoms with Crippen molar-refractivity contribution in [3.63, 3.8) is 0 Å². The zero-order valence-electron chi connectivity index (χ0n) is 12.9. The number of thiazole rings is 1. The number of benzene rings is 1. The largest absolute Gasteiger partial charge is 0.352 e. The molecule has 0 saturated carbocycles. The Kier molecular flexibility index (Phi) is 6.18. The van der Waals surface area contributed by atoms with Crippen LogP contribution in [-0.2, 0) is 0 Å². The number of aromatic nitrogens is 1. The van der Waals surface area contributed by atoms with Crippen LogP contribution in [0.4, 0.5) is 0 Å². The van der Waals surface area contributed by atoms with E-state index in [4.69, 9.17) is 0 Å². The standard InChI is InChI=1S/C17H24N2OS/c1-3-4-5-6-7-8-11-18-17(20)14-9-10-15-16(12-14)21-13(2)19-15/h9-10,12H,3-8,11H2,1-2H3,(H,18,20). The third kappa shape index (κ3) is 4.81. The molecule has 1 N–H and O–H groups in total. The van der Waals surface area contributed by atoms with Gasteiger partial charge in [0.1, 0.15) is 0 Å². The van der Waals surface area contributed by atoms with Crippen LogP contribution in [-0.4, -0.2) is 17.4 Å². The number of aryl methyl sites for hydroxylation is 1. The highest BCUT2D eigenvalue weighted by atomic mass is 32.1. The molecule has 114 valence electrons. The van der Waals surface area contributed by atoms with Crippen LogP contribution in [0.1, 0.15) is 60.8 Å². The lowest BCUT2D eigenvalue weighted by molar-refractivity contribution is 0.0953. The Morgan fingerprint density at radius 3 is 2.76 bits per heavy atom. The zero-order chi connectivity index (χ0) is 15.1. The van der Waals surface area contributed by atoms with Crippen molar-refractivity contribution in [2.45, 2.75) is 52.4 Å². The molecule has 3 nitrogen and oxygen atoms in total. The molecule has 0 saturated heterocycles. The van der Waals surface area contributed by atoms with E-state index in [0.29, 0.717) is 0 Å². The van der Waals surface area contributed by atoms with E-state index in [-0.39, 0.29) is 5.91 Å². The summed E-state index contributed by atoms with van der Waals surface area (Å²) in [5.74, 6) is 0.0245. The van der Waals surface area contributed by atoms with E-state index < -0.39 is 0 Å². The van der Waals surface area contributed by atoms with Gasteiger partial charge in [0.2, 0.25) is 0 Å². The molecule has 1 aromatic carbocycles. The molecule has 0 atom stereocenters. The first-order valence-electron chi connectivity index (χ1n) is 7.86. The minimum atomic E-state index is 0.0245. The molecular weight excluding hydrogens is 280 g/mol. The summed E-state index contributed by atoms with van der Waals surface area (Å²) in [6.07, 6.45) is 7.45. The summed E-state index contributed by atoms with van der Waals surface area (Å²) >= 11 is 1.63. The predicted octanol–water partition coefficient (Wildman–Crippen LogP) is 4.70. The van der Waals surface area contributed by atoms with Gasteiger partial charge in [-0.2, -0.15) is 0 Å². The highest BCUT2D eigenvalue weighted by molar-refractivity contribution is 7.18. The molecule has 0 unspecified atom stereocenters. The number of rotatable bonds is 8. The molecule has 1 aromatic heterocycles. The van der Waals surface area contributed by atoms with Gasteiger partial charge >= 0.3 is 0 Å². The Balaban J connectivity index is 1.76. The summed E-state index contributed by atoms with van der Waals surface area (Å²) in [5, 5.41) is 4.04. The van der Waals surface area contributed by atoms with Crippen LogP contribution in [0.2, 0.25) is 0 Å². The predicted molar refractivity (Wildman–Crippen MR) is 90.1 cm³/mol. The van der Waals surface area contributed by atoms with Gasteiger partial charge in [0.05, 0.1) is 15.2 Å². The van der Waals surface area contributed by atoms with Gasteiger partial charge in [0, 0.05) is 12.1 Å². The van der Waals surface area contributed by atoms with Crippen molar-refractivity contribution in [1.29, 1.82) is 0 Å². The molecule has 0 bridgehead atoms. The smallest absolute Gasteiger partial charge is 0.251 e. The van der Waals surface area contributed by atoms with Crippen LogP contribution in [0.3, 0.4) is 0 Å². The third-order valence-electron chi connectivity index (χ3n) is 3.57. The maximum absolute atomic E-state index is 12.1. The minimum Gasteiger partial charge on any atom is -0.352 e. The second-order valence-electron chi connectivity index (χ2n) is 5.44. The first kappa shape index (κ1) is 16.0. The van der Waals surface area contributed by atoms with E-state index in [1.165, 1.54) is 32.1 Å². The van der Waals surface area contributed by atoms with Crippen LogP contribution < -0.4 is 5.32 Å². The maximum Gasteiger partial charge on any atom is 0.251 e. The molecule has 1 amide bonds. The molecule has 1 heterocycles. The number of carbonyl (C=O) groups is 1. The van der Waals surface area contributed by atoms with E-state index in [1.807, 2.05) is 25.1 Å². The van der Waals surface area contributed by atoms with Crippen molar-refractivity contribution < 1.29 is 4.79 Å². The van der Waals surface area contributed by atoms with Crippen LogP contribution in [0.25, 0.3) is 10.2 Å². The number of fused-ring (bicyclic) bond motifs is 1. The maximum atomic E-state index is 12.1. The number of nitrogens with zero attached hydrogens (tertiary/aromatic N) is 1. The summed E-state index contributed by atoms with van der Waals surface area (Å²) in [5.41, 5.74) is 1.71. The van der Waals surface area contributed by atoms with Gasteiger partial charge in [-0.25, -0.2) is 4.98 Å². The van der Waals surface area contributed by atoms with E-state index in [2.05, 4.69) is 17.2 Å². The first-order valence-corrected chi connectivity index (χ1v) is 8.67. The average molecular weight is 304 g/mol. The van der Waals surface area contributed by atoms with Gasteiger partial charge in [-0.1, -0.05) is 39.0 Å². The first-order chi connectivity index (χ1) is 10.2. The average Bonchev–Trinajstić information content (AvgIpc) is 2.85. The summed E-state index contributed by atoms with van der Waals surface area (Å²) in [6, 6.07) is 5.73. The quantitative estimate of drug-likeness (QED) is 0.719. The third-order valence-corrected chi connectivity index (χ3v) is 4.51. The van der Waals surface area contributed by atoms with Gasteiger partial charge in [-0.05, 0) is 31.5 Å². The number of hydrogen-bond acceptors (Lipinski definition) is 3. The molecule has 2 aromatic rings. The molecule has 21 heavy (non-hydrogen) atoms. The summed E-state index contributed by atoms with van der Waals surface area (Å²) in [6.45, 7) is 4.98. The molecule has 0 aliphatic heterocycles. The van der Waals surface area contributed by atoms with Gasteiger partial charge in [-0.3, -0.25) is 4.79 Å². The summed E-state index contributed by atoms with van der Waals surface area (Å²) in [7, 11) is 0. The SMILES string of the molecule is CCCCCCCCNC(=O)c1ccc2nc(C)sc2c1. The topological polar surface area (TPSA) is 42.0 Å². The Labute approximate surface area is 130 Å². The number of unbranched alkanes of at least 4 members (excludes halogenated alkanes) is 5. The number of carbonyl (C=O) groups excluding carboxylic acids is 1. The zero-order valence-corrected chi connectivity index (χ0v) is 13.8. The fourth-order valence-corrected chi connectivity index (χ4v) is 3.26. The molecule has 0 aliphatic carbocycles. The number of amides is 1. The molecule has 0 aliphatic rings. The van der Waals surface area contributed by atoms with Crippen molar-refractivity contribution in [2.24, 2.45) is 0 Å². The summed E-state index contributed by atoms with van der Waals surface area (Å²) in [4.78, 5) is 16.5. The van der Waals surface area contributed by atoms with Crippen LogP contribution in [0.5, 0.6) is 0 Å². The molecule has 4 heteroatoms. The van der Waals surface area contributed by atoms with E-state index in [9.17, 15) is 4.79 Å². The minimum absolute atomic E-state index is 0.0245. The molecule has 0 radical (unpaired) electrons. The Morgan fingerprint density at radius 2 is 1.95 bits per heavy atom. The lowest BCUT2D eigenvalue weighted by Crippen LogP contribution is -2.24. The Bertz CT molecular complexity index is 591. The van der Waals surface area contributed by atoms with Gasteiger partial charge in [0.15, 0.2) is 0 Å². The normalized spacial score (nSPS) is 11.0. The van der Waals surface area contributed by atoms with Crippen LogP contribution in [0.15, 0.2) is 18.2 Å². The van der Waals surface area contributed by atoms with E-state index in [0.717, 1.165) is 33.8 Å². The molecule has 0 fully saturated rings. The van der Waals surface area contributed by atoms with Crippen LogP contribution >= 0.6 is 11.3 Å². The molecule has 0 spiro atoms. The van der Waals surface area contributed by atoms with Crippen molar-refractivity contribution in [3.05, 3.63) is 28.8 Å². The molecule has 2 rings (SSSR count). The van der Waals surface area contributed by atoms with Crippen molar-refractivity contribution in [3.8, 4) is 0 Å². The fraction of sp³-hybridized carbons (Fsp3) is 0.529. The number of nitrogens with one attached hydrogen (secondary N) is 1. The van der Waals surface area contributed by atoms with Crippen molar-refractivity contribution >= 4 is 27.5 Å². The number of hydrogen-bond donors (Lipinski definition) is 1. The highest BCUT2D eigenvalue weighted by Crippen LogP contribution is 2.22. The second-order valence-corrected chi connectivity index (χ2v) is 6.67. The Hall–Kier alpha value is -1.42. The fourth-order valence-electron chi connectivity index (χ4n) is 2.39.